The summed E-state index contributed by atoms with van der Waals surface area (Å²) in [7, 11) is 1.59. The summed E-state index contributed by atoms with van der Waals surface area (Å²) >= 11 is 1.30. The highest BCUT2D eigenvalue weighted by Gasteiger charge is 2.10. The third-order valence-corrected chi connectivity index (χ3v) is 5.17. The zero-order chi connectivity index (χ0) is 20.2. The van der Waals surface area contributed by atoms with Crippen LogP contribution >= 0.6 is 11.3 Å². The SMILES string of the molecule is CCOc1ccc(/C=c2/sc3nc(/C=C/c4ccccc4)nn3c2=O)cc1OC. The minimum Gasteiger partial charge on any atom is -0.493 e. The molecule has 0 atom stereocenters. The molecule has 2 aromatic carbocycles. The average molecular weight is 405 g/mol. The molecule has 0 unspecified atom stereocenters. The molecule has 146 valence electrons. The van der Waals surface area contributed by atoms with E-state index >= 15 is 0 Å². The van der Waals surface area contributed by atoms with Crippen LogP contribution in [-0.2, 0) is 0 Å². The highest BCUT2D eigenvalue weighted by molar-refractivity contribution is 7.15. The van der Waals surface area contributed by atoms with Crippen LogP contribution in [0.4, 0.5) is 0 Å². The molecule has 29 heavy (non-hydrogen) atoms. The van der Waals surface area contributed by atoms with Gasteiger partial charge in [-0.25, -0.2) is 0 Å². The molecule has 2 heterocycles. The molecule has 0 spiro atoms. The number of hydrogen-bond donors (Lipinski definition) is 0. The molecule has 0 saturated heterocycles. The van der Waals surface area contributed by atoms with Crippen LogP contribution in [0.2, 0.25) is 0 Å². The quantitative estimate of drug-likeness (QED) is 0.493. The van der Waals surface area contributed by atoms with E-state index in [1.54, 1.807) is 19.3 Å². The lowest BCUT2D eigenvalue weighted by Gasteiger charge is -2.09. The molecular formula is C22H19N3O3S. The van der Waals surface area contributed by atoms with Crippen molar-refractivity contribution in [3.05, 3.63) is 80.4 Å². The Hall–Kier alpha value is -3.45. The van der Waals surface area contributed by atoms with Crippen molar-refractivity contribution in [1.82, 2.24) is 14.6 Å². The number of fused-ring (bicyclic) bond motifs is 1. The third-order valence-electron chi connectivity index (χ3n) is 4.21. The van der Waals surface area contributed by atoms with Crippen LogP contribution in [-0.4, -0.2) is 28.3 Å². The zero-order valence-electron chi connectivity index (χ0n) is 16.0. The van der Waals surface area contributed by atoms with Gasteiger partial charge in [-0.1, -0.05) is 53.8 Å². The number of rotatable bonds is 6. The molecule has 0 N–H and O–H groups in total. The van der Waals surface area contributed by atoms with Gasteiger partial charge in [0.05, 0.1) is 18.2 Å². The molecule has 4 aromatic rings. The van der Waals surface area contributed by atoms with Crippen molar-refractivity contribution in [2.75, 3.05) is 13.7 Å². The van der Waals surface area contributed by atoms with Gasteiger partial charge in [0.15, 0.2) is 17.3 Å². The van der Waals surface area contributed by atoms with Gasteiger partial charge in [0.2, 0.25) is 4.96 Å². The molecule has 0 fully saturated rings. The Labute approximate surface area is 171 Å². The van der Waals surface area contributed by atoms with E-state index in [4.69, 9.17) is 9.47 Å². The first-order chi connectivity index (χ1) is 14.2. The first-order valence-corrected chi connectivity index (χ1v) is 9.95. The minimum atomic E-state index is -0.190. The minimum absolute atomic E-state index is 0.190. The van der Waals surface area contributed by atoms with E-state index in [0.717, 1.165) is 11.1 Å². The molecular weight excluding hydrogens is 386 g/mol. The van der Waals surface area contributed by atoms with E-state index in [1.165, 1.54) is 15.9 Å². The number of methoxy groups -OCH3 is 1. The van der Waals surface area contributed by atoms with Crippen molar-refractivity contribution in [2.24, 2.45) is 0 Å². The van der Waals surface area contributed by atoms with Crippen LogP contribution in [0.25, 0.3) is 23.2 Å². The molecule has 0 saturated carbocycles. The highest BCUT2D eigenvalue weighted by atomic mass is 32.1. The normalized spacial score (nSPS) is 12.1. The molecule has 0 aliphatic carbocycles. The van der Waals surface area contributed by atoms with E-state index in [-0.39, 0.29) is 5.56 Å². The predicted octanol–water partition coefficient (Wildman–Crippen LogP) is 3.28. The highest BCUT2D eigenvalue weighted by Crippen LogP contribution is 2.28. The van der Waals surface area contributed by atoms with E-state index < -0.39 is 0 Å². The molecule has 0 bridgehead atoms. The molecule has 6 nitrogen and oxygen atoms in total. The lowest BCUT2D eigenvalue weighted by atomic mass is 10.2. The Morgan fingerprint density at radius 1 is 1.07 bits per heavy atom. The fourth-order valence-electron chi connectivity index (χ4n) is 2.85. The summed E-state index contributed by atoms with van der Waals surface area (Å²) in [5.41, 5.74) is 1.70. The second-order valence-electron chi connectivity index (χ2n) is 6.17. The second-order valence-corrected chi connectivity index (χ2v) is 7.18. The average Bonchev–Trinajstić information content (AvgIpc) is 3.27. The fourth-order valence-corrected chi connectivity index (χ4v) is 3.77. The summed E-state index contributed by atoms with van der Waals surface area (Å²) in [6, 6.07) is 15.4. The summed E-state index contributed by atoms with van der Waals surface area (Å²) < 4.78 is 12.8. The van der Waals surface area contributed by atoms with Crippen molar-refractivity contribution in [3.63, 3.8) is 0 Å². The van der Waals surface area contributed by atoms with Crippen LogP contribution in [0, 0.1) is 0 Å². The number of thiazole rings is 1. The van der Waals surface area contributed by atoms with Gasteiger partial charge in [0, 0.05) is 0 Å². The Bertz CT molecular complexity index is 1280. The first kappa shape index (κ1) is 18.9. The molecule has 2 aromatic heterocycles. The van der Waals surface area contributed by atoms with Gasteiger partial charge < -0.3 is 9.47 Å². The third kappa shape index (κ3) is 4.05. The van der Waals surface area contributed by atoms with Crippen molar-refractivity contribution < 1.29 is 9.47 Å². The number of nitrogens with zero attached hydrogens (tertiary/aromatic N) is 3. The van der Waals surface area contributed by atoms with E-state index in [0.29, 0.717) is 33.4 Å². The number of benzene rings is 2. The molecule has 0 aliphatic rings. The van der Waals surface area contributed by atoms with Crippen LogP contribution < -0.4 is 19.6 Å². The fraction of sp³-hybridized carbons (Fsp3) is 0.136. The summed E-state index contributed by atoms with van der Waals surface area (Å²) in [6.45, 7) is 2.47. The van der Waals surface area contributed by atoms with Gasteiger partial charge >= 0.3 is 0 Å². The second kappa shape index (κ2) is 8.28. The molecule has 0 radical (unpaired) electrons. The van der Waals surface area contributed by atoms with Gasteiger partial charge in [0.1, 0.15) is 0 Å². The van der Waals surface area contributed by atoms with Crippen LogP contribution in [0.3, 0.4) is 0 Å². The maximum absolute atomic E-state index is 12.7. The van der Waals surface area contributed by atoms with Gasteiger partial charge in [-0.3, -0.25) is 4.79 Å². The van der Waals surface area contributed by atoms with Crippen molar-refractivity contribution in [3.8, 4) is 11.5 Å². The Balaban J connectivity index is 1.66. The molecule has 0 aliphatic heterocycles. The van der Waals surface area contributed by atoms with Crippen LogP contribution in [0.15, 0.2) is 53.3 Å². The molecule has 0 amide bonds. The summed E-state index contributed by atoms with van der Waals surface area (Å²) in [5.74, 6) is 1.80. The lowest BCUT2D eigenvalue weighted by Crippen LogP contribution is -2.23. The van der Waals surface area contributed by atoms with Crippen LogP contribution in [0.1, 0.15) is 23.9 Å². The number of ether oxygens (including phenoxy) is 2. The Kier molecular flexibility index (Phi) is 5.39. The topological polar surface area (TPSA) is 65.7 Å². The summed E-state index contributed by atoms with van der Waals surface area (Å²) in [4.78, 5) is 17.7. The van der Waals surface area contributed by atoms with Gasteiger partial charge in [-0.05, 0) is 42.3 Å². The van der Waals surface area contributed by atoms with Crippen molar-refractivity contribution >= 4 is 34.5 Å². The summed E-state index contributed by atoms with van der Waals surface area (Å²) in [6.07, 6.45) is 5.53. The lowest BCUT2D eigenvalue weighted by molar-refractivity contribution is 0.311. The van der Waals surface area contributed by atoms with E-state index in [9.17, 15) is 4.79 Å². The van der Waals surface area contributed by atoms with Crippen LogP contribution in [0.5, 0.6) is 11.5 Å². The zero-order valence-corrected chi connectivity index (χ0v) is 16.8. The first-order valence-electron chi connectivity index (χ1n) is 9.13. The van der Waals surface area contributed by atoms with Gasteiger partial charge in [0.25, 0.3) is 5.56 Å². The van der Waals surface area contributed by atoms with Crippen molar-refractivity contribution in [1.29, 1.82) is 0 Å². The number of hydrogen-bond acceptors (Lipinski definition) is 6. The summed E-state index contributed by atoms with van der Waals surface area (Å²) in [5, 5.41) is 4.31. The molecule has 7 heteroatoms. The monoisotopic (exact) mass is 405 g/mol. The Morgan fingerprint density at radius 2 is 1.90 bits per heavy atom. The van der Waals surface area contributed by atoms with Gasteiger partial charge in [-0.2, -0.15) is 9.50 Å². The van der Waals surface area contributed by atoms with E-state index in [1.807, 2.05) is 61.5 Å². The van der Waals surface area contributed by atoms with E-state index in [2.05, 4.69) is 10.1 Å². The maximum Gasteiger partial charge on any atom is 0.291 e. The maximum atomic E-state index is 12.7. The standard InChI is InChI=1S/C22H19N3O3S/c1-3-28-17-11-9-16(13-18(17)27-2)14-19-21(26)25-22(29-19)23-20(24-25)12-10-15-7-5-4-6-8-15/h4-14H,3H2,1-2H3/b12-10+,19-14+. The largest absolute Gasteiger partial charge is 0.493 e. The van der Waals surface area contributed by atoms with Crippen molar-refractivity contribution in [2.45, 2.75) is 6.92 Å². The number of aromatic nitrogens is 3. The smallest absolute Gasteiger partial charge is 0.291 e. The van der Waals surface area contributed by atoms with Gasteiger partial charge in [-0.15, -0.1) is 5.10 Å². The molecule has 4 rings (SSSR count). The Morgan fingerprint density at radius 3 is 2.62 bits per heavy atom. The predicted molar refractivity (Wildman–Crippen MR) is 115 cm³/mol.